The molecule has 8 nitrogen and oxygen atoms in total. The van der Waals surface area contributed by atoms with Gasteiger partial charge in [-0.05, 0) is 42.8 Å². The first kappa shape index (κ1) is 31.1. The van der Waals surface area contributed by atoms with Crippen LogP contribution in [0, 0.1) is 0 Å². The van der Waals surface area contributed by atoms with Crippen LogP contribution in [-0.4, -0.2) is 72.6 Å². The van der Waals surface area contributed by atoms with Crippen LogP contribution in [0.4, 0.5) is 0 Å². The average molecular weight is 592 g/mol. The van der Waals surface area contributed by atoms with E-state index in [0.29, 0.717) is 45.6 Å². The van der Waals surface area contributed by atoms with Crippen molar-refractivity contribution in [1.29, 1.82) is 0 Å². The number of piperidine rings is 1. The Morgan fingerprint density at radius 3 is 2.51 bits per heavy atom. The van der Waals surface area contributed by atoms with Crippen LogP contribution >= 0.6 is 0 Å². The normalized spacial score (nSPS) is 19.4. The molecule has 0 spiro atoms. The van der Waals surface area contributed by atoms with Gasteiger partial charge in [0.1, 0.15) is 17.6 Å². The van der Waals surface area contributed by atoms with Crippen molar-refractivity contribution in [2.45, 2.75) is 50.4 Å². The number of rotatable bonds is 17. The van der Waals surface area contributed by atoms with E-state index in [-0.39, 0.29) is 12.2 Å². The summed E-state index contributed by atoms with van der Waals surface area (Å²) in [6.07, 6.45) is 3.58. The molecule has 0 radical (unpaired) electrons. The fraction of sp³-hybridized carbons (Fsp3) is 0.486. The van der Waals surface area contributed by atoms with Gasteiger partial charge in [-0.3, -0.25) is 0 Å². The Bertz CT molecular complexity index is 1250. The van der Waals surface area contributed by atoms with Crippen LogP contribution in [0.5, 0.6) is 23.0 Å². The molecule has 1 unspecified atom stereocenters. The van der Waals surface area contributed by atoms with E-state index >= 15 is 0 Å². The van der Waals surface area contributed by atoms with Gasteiger partial charge in [0, 0.05) is 56.6 Å². The van der Waals surface area contributed by atoms with Crippen molar-refractivity contribution in [3.8, 4) is 23.0 Å². The molecule has 0 aromatic heterocycles. The van der Waals surface area contributed by atoms with Crippen LogP contribution in [-0.2, 0) is 27.2 Å². The SMILES string of the molecule is COCCCOc1cccc2c1O[C@@H](CO[C@@H]1CNCCC1c1ccc(OCCCOCc3ccccc3OC)cc1)C2. The summed E-state index contributed by atoms with van der Waals surface area (Å²) in [5.74, 6) is 3.70. The van der Waals surface area contributed by atoms with Crippen LogP contribution in [0.25, 0.3) is 0 Å². The molecule has 2 heterocycles. The van der Waals surface area contributed by atoms with Crippen LogP contribution in [0.1, 0.15) is 41.9 Å². The second-order valence-electron chi connectivity index (χ2n) is 11.0. The van der Waals surface area contributed by atoms with E-state index in [1.165, 1.54) is 11.1 Å². The minimum atomic E-state index is -0.0178. The number of ether oxygens (including phenoxy) is 7. The fourth-order valence-corrected chi connectivity index (χ4v) is 5.69. The molecule has 8 heteroatoms. The van der Waals surface area contributed by atoms with Gasteiger partial charge in [0.25, 0.3) is 0 Å². The molecule has 2 aliphatic rings. The van der Waals surface area contributed by atoms with Crippen molar-refractivity contribution in [3.05, 3.63) is 83.4 Å². The van der Waals surface area contributed by atoms with Gasteiger partial charge in [-0.2, -0.15) is 0 Å². The topological polar surface area (TPSA) is 76.6 Å². The third kappa shape index (κ3) is 8.86. The number of nitrogens with one attached hydrogen (secondary N) is 1. The lowest BCUT2D eigenvalue weighted by molar-refractivity contribution is -0.0150. The van der Waals surface area contributed by atoms with Crippen LogP contribution in [0.15, 0.2) is 66.7 Å². The van der Waals surface area contributed by atoms with Crippen molar-refractivity contribution < 1.29 is 33.2 Å². The van der Waals surface area contributed by atoms with Crippen molar-refractivity contribution in [3.63, 3.8) is 0 Å². The van der Waals surface area contributed by atoms with Crippen molar-refractivity contribution in [2.75, 3.05) is 60.3 Å². The van der Waals surface area contributed by atoms with Gasteiger partial charge >= 0.3 is 0 Å². The Kier molecular flexibility index (Phi) is 12.0. The Morgan fingerprint density at radius 1 is 0.837 bits per heavy atom. The van der Waals surface area contributed by atoms with E-state index in [1.54, 1.807) is 14.2 Å². The van der Waals surface area contributed by atoms with E-state index in [0.717, 1.165) is 67.3 Å². The first-order valence-corrected chi connectivity index (χ1v) is 15.4. The molecule has 232 valence electrons. The lowest BCUT2D eigenvalue weighted by atomic mass is 9.87. The molecule has 0 amide bonds. The highest BCUT2D eigenvalue weighted by atomic mass is 16.6. The number of methoxy groups -OCH3 is 2. The number of fused-ring (bicyclic) bond motifs is 1. The van der Waals surface area contributed by atoms with Gasteiger partial charge in [0.15, 0.2) is 11.5 Å². The molecule has 0 saturated carbocycles. The maximum atomic E-state index is 6.50. The zero-order chi connectivity index (χ0) is 29.7. The standard InChI is InChI=1S/C35H45NO7/c1-37-18-6-21-41-33-11-5-9-27-22-30(43-35(27)33)25-42-34-23-36-17-16-31(34)26-12-14-29(15-13-26)40-20-7-19-39-24-28-8-3-4-10-32(28)38-2/h3-5,8-15,30-31,34,36H,6-7,16-25H2,1-2H3/t30-,31?,34-/m1/s1. The van der Waals surface area contributed by atoms with Gasteiger partial charge in [0.2, 0.25) is 0 Å². The highest BCUT2D eigenvalue weighted by molar-refractivity contribution is 5.49. The third-order valence-electron chi connectivity index (χ3n) is 7.93. The molecule has 3 aromatic rings. The van der Waals surface area contributed by atoms with E-state index in [2.05, 4.69) is 35.6 Å². The predicted molar refractivity (Wildman–Crippen MR) is 166 cm³/mol. The number of para-hydroxylation sites is 2. The van der Waals surface area contributed by atoms with Gasteiger partial charge in [-0.25, -0.2) is 0 Å². The van der Waals surface area contributed by atoms with Gasteiger partial charge in [-0.1, -0.05) is 42.5 Å². The number of benzene rings is 3. The summed E-state index contributed by atoms with van der Waals surface area (Å²) in [5, 5.41) is 3.50. The van der Waals surface area contributed by atoms with E-state index in [9.17, 15) is 0 Å². The summed E-state index contributed by atoms with van der Waals surface area (Å²) in [4.78, 5) is 0. The molecule has 1 saturated heterocycles. The molecule has 1 fully saturated rings. The minimum absolute atomic E-state index is 0.0178. The zero-order valence-electron chi connectivity index (χ0n) is 25.4. The van der Waals surface area contributed by atoms with Crippen LogP contribution in [0.3, 0.4) is 0 Å². The summed E-state index contributed by atoms with van der Waals surface area (Å²) in [7, 11) is 3.38. The smallest absolute Gasteiger partial charge is 0.165 e. The molecule has 2 aliphatic heterocycles. The van der Waals surface area contributed by atoms with E-state index in [4.69, 9.17) is 33.2 Å². The van der Waals surface area contributed by atoms with Gasteiger partial charge < -0.3 is 38.5 Å². The summed E-state index contributed by atoms with van der Waals surface area (Å²) in [6, 6.07) is 22.5. The monoisotopic (exact) mass is 591 g/mol. The maximum Gasteiger partial charge on any atom is 0.165 e. The summed E-state index contributed by atoms with van der Waals surface area (Å²) in [5.41, 5.74) is 3.51. The summed E-state index contributed by atoms with van der Waals surface area (Å²) in [6.45, 7) is 5.39. The molecular formula is C35H45NO7. The maximum absolute atomic E-state index is 6.50. The van der Waals surface area contributed by atoms with Crippen LogP contribution in [0.2, 0.25) is 0 Å². The molecular weight excluding hydrogens is 546 g/mol. The van der Waals surface area contributed by atoms with Crippen molar-refractivity contribution >= 4 is 0 Å². The molecule has 1 N–H and O–H groups in total. The van der Waals surface area contributed by atoms with Crippen LogP contribution < -0.4 is 24.3 Å². The average Bonchev–Trinajstić information content (AvgIpc) is 3.48. The van der Waals surface area contributed by atoms with E-state index < -0.39 is 0 Å². The Hall–Kier alpha value is -3.30. The van der Waals surface area contributed by atoms with Crippen molar-refractivity contribution in [1.82, 2.24) is 5.32 Å². The summed E-state index contributed by atoms with van der Waals surface area (Å²) >= 11 is 0. The lowest BCUT2D eigenvalue weighted by Crippen LogP contribution is -2.42. The predicted octanol–water partition coefficient (Wildman–Crippen LogP) is 5.56. The van der Waals surface area contributed by atoms with E-state index in [1.807, 2.05) is 36.4 Å². The quantitative estimate of drug-likeness (QED) is 0.205. The van der Waals surface area contributed by atoms with Gasteiger partial charge in [0.05, 0.1) is 46.2 Å². The Labute approximate surface area is 255 Å². The largest absolute Gasteiger partial charge is 0.496 e. The minimum Gasteiger partial charge on any atom is -0.496 e. The molecule has 3 aromatic carbocycles. The zero-order valence-corrected chi connectivity index (χ0v) is 25.4. The fourth-order valence-electron chi connectivity index (χ4n) is 5.69. The third-order valence-corrected chi connectivity index (χ3v) is 7.93. The number of hydrogen-bond donors (Lipinski definition) is 1. The lowest BCUT2D eigenvalue weighted by Gasteiger charge is -2.33. The first-order chi connectivity index (χ1) is 21.2. The molecule has 0 bridgehead atoms. The second kappa shape index (κ2) is 16.5. The highest BCUT2D eigenvalue weighted by Crippen LogP contribution is 2.38. The Morgan fingerprint density at radius 2 is 1.65 bits per heavy atom. The molecule has 43 heavy (non-hydrogen) atoms. The first-order valence-electron chi connectivity index (χ1n) is 15.4. The summed E-state index contributed by atoms with van der Waals surface area (Å²) < 4.78 is 41.1. The Balaban J connectivity index is 1.05. The second-order valence-corrected chi connectivity index (χ2v) is 11.0. The highest BCUT2D eigenvalue weighted by Gasteiger charge is 2.31. The molecule has 0 aliphatic carbocycles. The molecule has 5 rings (SSSR count). The van der Waals surface area contributed by atoms with Crippen molar-refractivity contribution in [2.24, 2.45) is 0 Å². The molecule has 3 atom stereocenters. The number of hydrogen-bond acceptors (Lipinski definition) is 8. The van der Waals surface area contributed by atoms with Gasteiger partial charge in [-0.15, -0.1) is 0 Å².